The summed E-state index contributed by atoms with van der Waals surface area (Å²) >= 11 is 2.81. The molecule has 1 atom stereocenters. The normalized spacial score (nSPS) is 12.5. The van der Waals surface area contributed by atoms with Gasteiger partial charge in [0, 0.05) is 17.3 Å². The molecule has 3 N–H and O–H groups in total. The molecule has 0 aromatic heterocycles. The first kappa shape index (κ1) is 19.2. The van der Waals surface area contributed by atoms with Crippen molar-refractivity contribution in [2.24, 2.45) is 5.73 Å². The Kier molecular flexibility index (Phi) is 7.50. The van der Waals surface area contributed by atoms with E-state index in [4.69, 9.17) is 5.73 Å². The number of carbonyl (C=O) groups is 1. The number of nitrogens with two attached hydrogens (primary N) is 1. The molecule has 0 fully saturated rings. The maximum absolute atomic E-state index is 12.7. The van der Waals surface area contributed by atoms with Gasteiger partial charge in [-0.25, -0.2) is 0 Å². The van der Waals surface area contributed by atoms with Crippen LogP contribution in [0.2, 0.25) is 0 Å². The summed E-state index contributed by atoms with van der Waals surface area (Å²) in [6, 6.07) is 2.45. The second-order valence-electron chi connectivity index (χ2n) is 3.74. The molecule has 0 aliphatic rings. The van der Waals surface area contributed by atoms with Gasteiger partial charge < -0.3 is 15.8 Å². The molecule has 1 amide bonds. The second-order valence-corrected chi connectivity index (χ2v) is 4.60. The van der Waals surface area contributed by atoms with Crippen LogP contribution < -0.4 is 11.1 Å². The van der Waals surface area contributed by atoms with E-state index in [0.29, 0.717) is 0 Å². The van der Waals surface area contributed by atoms with Crippen LogP contribution in [0.15, 0.2) is 22.7 Å². The highest BCUT2D eigenvalue weighted by atomic mass is 79.9. The van der Waals surface area contributed by atoms with Crippen molar-refractivity contribution in [2.45, 2.75) is 12.2 Å². The summed E-state index contributed by atoms with van der Waals surface area (Å²) in [6.45, 7) is -0.0194. The molecular formula is C11H13BrClF3N2O2. The number of rotatable bonds is 4. The molecule has 1 aromatic carbocycles. The van der Waals surface area contributed by atoms with Crippen molar-refractivity contribution < 1.29 is 22.7 Å². The van der Waals surface area contributed by atoms with E-state index in [1.54, 1.807) is 0 Å². The molecule has 1 unspecified atom stereocenters. The minimum absolute atomic E-state index is 0. The van der Waals surface area contributed by atoms with E-state index in [2.05, 4.69) is 26.0 Å². The Balaban J connectivity index is 0.00000361. The van der Waals surface area contributed by atoms with Crippen LogP contribution >= 0.6 is 28.3 Å². The predicted octanol–water partition coefficient (Wildman–Crippen LogP) is 2.80. The van der Waals surface area contributed by atoms with E-state index in [1.807, 2.05) is 0 Å². The molecule has 4 nitrogen and oxygen atoms in total. The SMILES string of the molecule is COCC(N)C(=O)Nc1ccc(Br)c(C(F)(F)F)c1.Cl. The molecule has 0 saturated heterocycles. The molecule has 114 valence electrons. The van der Waals surface area contributed by atoms with Crippen LogP contribution in [0.3, 0.4) is 0 Å². The molecule has 1 rings (SSSR count). The minimum Gasteiger partial charge on any atom is -0.383 e. The van der Waals surface area contributed by atoms with Crippen molar-refractivity contribution in [3.8, 4) is 0 Å². The zero-order chi connectivity index (χ0) is 14.6. The van der Waals surface area contributed by atoms with E-state index in [1.165, 1.54) is 19.2 Å². The highest BCUT2D eigenvalue weighted by molar-refractivity contribution is 9.10. The summed E-state index contributed by atoms with van der Waals surface area (Å²) in [4.78, 5) is 11.5. The van der Waals surface area contributed by atoms with Crippen LogP contribution in [0.4, 0.5) is 18.9 Å². The summed E-state index contributed by atoms with van der Waals surface area (Å²) in [5.74, 6) is -0.614. The van der Waals surface area contributed by atoms with Crippen molar-refractivity contribution in [2.75, 3.05) is 19.0 Å². The first-order valence-electron chi connectivity index (χ1n) is 5.18. The Bertz CT molecular complexity index is 471. The quantitative estimate of drug-likeness (QED) is 0.848. The third-order valence-electron chi connectivity index (χ3n) is 2.22. The van der Waals surface area contributed by atoms with Crippen molar-refractivity contribution in [3.63, 3.8) is 0 Å². The van der Waals surface area contributed by atoms with Gasteiger partial charge in [0.15, 0.2) is 0 Å². The zero-order valence-electron chi connectivity index (χ0n) is 10.3. The van der Waals surface area contributed by atoms with Gasteiger partial charge >= 0.3 is 6.18 Å². The van der Waals surface area contributed by atoms with Gasteiger partial charge in [-0.15, -0.1) is 12.4 Å². The van der Waals surface area contributed by atoms with Gasteiger partial charge in [0.25, 0.3) is 0 Å². The summed E-state index contributed by atoms with van der Waals surface area (Å²) in [5.41, 5.74) is 4.61. The fraction of sp³-hybridized carbons (Fsp3) is 0.364. The highest BCUT2D eigenvalue weighted by Gasteiger charge is 2.33. The van der Waals surface area contributed by atoms with Crippen LogP contribution in [-0.4, -0.2) is 25.7 Å². The second kappa shape index (κ2) is 7.82. The number of amides is 1. The van der Waals surface area contributed by atoms with Crippen LogP contribution in [0.5, 0.6) is 0 Å². The third-order valence-corrected chi connectivity index (χ3v) is 2.91. The van der Waals surface area contributed by atoms with Gasteiger partial charge in [-0.2, -0.15) is 13.2 Å². The molecule has 0 heterocycles. The van der Waals surface area contributed by atoms with Crippen molar-refractivity contribution in [3.05, 3.63) is 28.2 Å². The fourth-order valence-corrected chi connectivity index (χ4v) is 1.78. The van der Waals surface area contributed by atoms with Gasteiger partial charge in [0.05, 0.1) is 12.2 Å². The molecule has 0 saturated carbocycles. The smallest absolute Gasteiger partial charge is 0.383 e. The first-order chi connectivity index (χ1) is 8.75. The number of methoxy groups -OCH3 is 1. The molecule has 0 aliphatic heterocycles. The van der Waals surface area contributed by atoms with Crippen LogP contribution in [0.25, 0.3) is 0 Å². The summed E-state index contributed by atoms with van der Waals surface area (Å²) in [6.07, 6.45) is -4.51. The Hall–Kier alpha value is -0.830. The lowest BCUT2D eigenvalue weighted by Crippen LogP contribution is -2.39. The van der Waals surface area contributed by atoms with Crippen molar-refractivity contribution >= 4 is 39.9 Å². The molecular weight excluding hydrogens is 364 g/mol. The maximum Gasteiger partial charge on any atom is 0.417 e. The molecule has 0 radical (unpaired) electrons. The number of hydrogen-bond donors (Lipinski definition) is 2. The Morgan fingerprint density at radius 3 is 2.60 bits per heavy atom. The number of benzene rings is 1. The van der Waals surface area contributed by atoms with Crippen molar-refractivity contribution in [1.82, 2.24) is 0 Å². The van der Waals surface area contributed by atoms with E-state index in [0.717, 1.165) is 6.07 Å². The molecule has 0 bridgehead atoms. The number of halogens is 5. The topological polar surface area (TPSA) is 64.3 Å². The van der Waals surface area contributed by atoms with Crippen LogP contribution in [0, 0.1) is 0 Å². The standard InChI is InChI=1S/C11H12BrF3N2O2.ClH/c1-19-5-9(16)10(18)17-6-2-3-8(12)7(4-6)11(13,14)15;/h2-4,9H,5,16H2,1H3,(H,17,18);1H. The summed E-state index contributed by atoms with van der Waals surface area (Å²) in [5, 5.41) is 2.30. The predicted molar refractivity (Wildman–Crippen MR) is 74.9 cm³/mol. The average molecular weight is 378 g/mol. The van der Waals surface area contributed by atoms with Crippen LogP contribution in [-0.2, 0) is 15.7 Å². The first-order valence-corrected chi connectivity index (χ1v) is 5.97. The number of anilines is 1. The molecule has 9 heteroatoms. The van der Waals surface area contributed by atoms with Crippen molar-refractivity contribution in [1.29, 1.82) is 0 Å². The summed E-state index contributed by atoms with van der Waals surface area (Å²) in [7, 11) is 1.37. The molecule has 0 aliphatic carbocycles. The number of nitrogens with one attached hydrogen (secondary N) is 1. The number of ether oxygens (including phenoxy) is 1. The zero-order valence-corrected chi connectivity index (χ0v) is 12.7. The number of hydrogen-bond acceptors (Lipinski definition) is 3. The van der Waals surface area contributed by atoms with E-state index in [9.17, 15) is 18.0 Å². The highest BCUT2D eigenvalue weighted by Crippen LogP contribution is 2.36. The minimum atomic E-state index is -4.51. The average Bonchev–Trinajstić information content (AvgIpc) is 2.30. The molecule has 20 heavy (non-hydrogen) atoms. The lowest BCUT2D eigenvalue weighted by Gasteiger charge is -2.14. The fourth-order valence-electron chi connectivity index (χ4n) is 1.31. The Morgan fingerprint density at radius 1 is 1.50 bits per heavy atom. The molecule has 0 spiro atoms. The van der Waals surface area contributed by atoms with Gasteiger partial charge in [0.1, 0.15) is 6.04 Å². The third kappa shape index (κ3) is 5.28. The van der Waals surface area contributed by atoms with Gasteiger partial charge in [0.2, 0.25) is 5.91 Å². The lowest BCUT2D eigenvalue weighted by atomic mass is 10.2. The maximum atomic E-state index is 12.7. The Morgan fingerprint density at radius 2 is 2.10 bits per heavy atom. The molecule has 1 aromatic rings. The van der Waals surface area contributed by atoms with Gasteiger partial charge in [-0.3, -0.25) is 4.79 Å². The monoisotopic (exact) mass is 376 g/mol. The van der Waals surface area contributed by atoms with E-state index in [-0.39, 0.29) is 29.2 Å². The van der Waals surface area contributed by atoms with Crippen LogP contribution in [0.1, 0.15) is 5.56 Å². The summed E-state index contributed by atoms with van der Waals surface area (Å²) < 4.78 is 42.6. The van der Waals surface area contributed by atoms with Gasteiger partial charge in [-0.05, 0) is 18.2 Å². The van der Waals surface area contributed by atoms with Gasteiger partial charge in [-0.1, -0.05) is 15.9 Å². The Labute approximate surface area is 128 Å². The van der Waals surface area contributed by atoms with E-state index < -0.39 is 23.7 Å². The number of alkyl halides is 3. The number of carbonyl (C=O) groups excluding carboxylic acids is 1. The lowest BCUT2D eigenvalue weighted by molar-refractivity contribution is -0.138. The van der Waals surface area contributed by atoms with E-state index >= 15 is 0 Å². The largest absolute Gasteiger partial charge is 0.417 e.